The number of para-hydroxylation sites is 1. The molecule has 3 heterocycles. The lowest BCUT2D eigenvalue weighted by Gasteiger charge is -2.14. The fourth-order valence-electron chi connectivity index (χ4n) is 4.29. The molecule has 0 aliphatic heterocycles. The fourth-order valence-corrected chi connectivity index (χ4v) is 4.29. The molecule has 9 heteroatoms. The summed E-state index contributed by atoms with van der Waals surface area (Å²) in [5.74, 6) is 0.170. The molecule has 0 unspecified atom stereocenters. The van der Waals surface area contributed by atoms with Gasteiger partial charge in [0.1, 0.15) is 0 Å². The van der Waals surface area contributed by atoms with E-state index in [-0.39, 0.29) is 5.91 Å². The molecule has 0 saturated heterocycles. The van der Waals surface area contributed by atoms with E-state index in [0.717, 1.165) is 45.3 Å². The number of fused-ring (bicyclic) bond motifs is 2. The Morgan fingerprint density at radius 2 is 2.03 bits per heavy atom. The lowest BCUT2D eigenvalue weighted by atomic mass is 10.1. The highest BCUT2D eigenvalue weighted by Crippen LogP contribution is 2.32. The van der Waals surface area contributed by atoms with Gasteiger partial charge in [-0.05, 0) is 44.4 Å². The largest absolute Gasteiger partial charge is 0.350 e. The average molecular weight is 481 g/mol. The van der Waals surface area contributed by atoms with Crippen LogP contribution in [0.3, 0.4) is 0 Å². The van der Waals surface area contributed by atoms with E-state index in [2.05, 4.69) is 55.1 Å². The Hall–Kier alpha value is -4.50. The number of benzene rings is 2. The number of rotatable bonds is 8. The summed E-state index contributed by atoms with van der Waals surface area (Å²) in [4.78, 5) is 23.5. The van der Waals surface area contributed by atoms with Gasteiger partial charge >= 0.3 is 0 Å². The molecule has 2 N–H and O–H groups in total. The molecule has 9 nitrogen and oxygen atoms in total. The summed E-state index contributed by atoms with van der Waals surface area (Å²) < 4.78 is 3.99. The van der Waals surface area contributed by atoms with Gasteiger partial charge in [-0.1, -0.05) is 24.8 Å². The molecule has 0 radical (unpaired) electrons. The molecule has 0 spiro atoms. The summed E-state index contributed by atoms with van der Waals surface area (Å²) in [6.07, 6.45) is 6.87. The number of amides is 1. The second kappa shape index (κ2) is 9.63. The van der Waals surface area contributed by atoms with E-state index in [0.29, 0.717) is 18.2 Å². The van der Waals surface area contributed by atoms with Crippen LogP contribution in [0.15, 0.2) is 73.7 Å². The summed E-state index contributed by atoms with van der Waals surface area (Å²) in [7, 11) is 6.06. The van der Waals surface area contributed by atoms with Crippen LogP contribution in [0.5, 0.6) is 0 Å². The Kier molecular flexibility index (Phi) is 6.22. The summed E-state index contributed by atoms with van der Waals surface area (Å²) >= 11 is 0. The van der Waals surface area contributed by atoms with Gasteiger partial charge in [0.05, 0.1) is 29.6 Å². The minimum atomic E-state index is -0.289. The Morgan fingerprint density at radius 3 is 2.83 bits per heavy atom. The molecule has 0 aliphatic rings. The molecular weight excluding hydrogens is 452 g/mol. The molecule has 3 aromatic heterocycles. The SMILES string of the molecule is C=CC(=O)Nc1cc(Nc2nccc(-c3cn(C)c4ccccc34)n2)cc2cnn(CCN(C)C)c12. The topological polar surface area (TPSA) is 92.9 Å². The monoisotopic (exact) mass is 480 g/mol. The van der Waals surface area contributed by atoms with Crippen molar-refractivity contribution in [1.82, 2.24) is 29.2 Å². The number of aryl methyl sites for hydroxylation is 1. The maximum absolute atomic E-state index is 12.2. The van der Waals surface area contributed by atoms with Crippen molar-refractivity contribution in [2.75, 3.05) is 31.3 Å². The minimum Gasteiger partial charge on any atom is -0.350 e. The Labute approximate surface area is 209 Å². The highest BCUT2D eigenvalue weighted by Gasteiger charge is 2.14. The van der Waals surface area contributed by atoms with E-state index < -0.39 is 0 Å². The van der Waals surface area contributed by atoms with Crippen molar-refractivity contribution >= 4 is 45.0 Å². The smallest absolute Gasteiger partial charge is 0.247 e. The molecule has 0 saturated carbocycles. The quantitative estimate of drug-likeness (QED) is 0.320. The molecule has 36 heavy (non-hydrogen) atoms. The van der Waals surface area contributed by atoms with Crippen molar-refractivity contribution in [3.05, 3.63) is 73.7 Å². The van der Waals surface area contributed by atoms with E-state index >= 15 is 0 Å². The first kappa shape index (κ1) is 23.3. The Balaban J connectivity index is 1.51. The van der Waals surface area contributed by atoms with E-state index in [1.807, 2.05) is 56.2 Å². The molecule has 0 aliphatic carbocycles. The Bertz CT molecular complexity index is 1580. The average Bonchev–Trinajstić information content (AvgIpc) is 3.44. The first-order chi connectivity index (χ1) is 17.4. The van der Waals surface area contributed by atoms with Crippen LogP contribution in [0.2, 0.25) is 0 Å². The van der Waals surface area contributed by atoms with Gasteiger partial charge in [-0.15, -0.1) is 0 Å². The maximum Gasteiger partial charge on any atom is 0.247 e. The third-order valence-corrected chi connectivity index (χ3v) is 6.02. The standard InChI is InChI=1S/C27H28N8O/c1-5-25(36)31-23-15-19(14-18-16-29-35(26(18)23)13-12-33(2)3)30-27-28-11-10-22(32-27)21-17-34(4)24-9-7-6-8-20(21)24/h5-11,14-17H,1,12-13H2,2-4H3,(H,31,36)(H,28,30,32). The number of hydrogen-bond donors (Lipinski definition) is 2. The van der Waals surface area contributed by atoms with Gasteiger partial charge in [0.15, 0.2) is 0 Å². The van der Waals surface area contributed by atoms with Crippen molar-refractivity contribution in [3.63, 3.8) is 0 Å². The van der Waals surface area contributed by atoms with Crippen LogP contribution < -0.4 is 10.6 Å². The van der Waals surface area contributed by atoms with Crippen molar-refractivity contribution < 1.29 is 4.79 Å². The van der Waals surface area contributed by atoms with Gasteiger partial charge in [0, 0.05) is 53.5 Å². The van der Waals surface area contributed by atoms with Crippen LogP contribution in [0.1, 0.15) is 0 Å². The molecule has 0 fully saturated rings. The van der Waals surface area contributed by atoms with Crippen LogP contribution in [0.4, 0.5) is 17.3 Å². The Morgan fingerprint density at radius 1 is 1.19 bits per heavy atom. The van der Waals surface area contributed by atoms with Crippen molar-refractivity contribution in [2.45, 2.75) is 6.54 Å². The van der Waals surface area contributed by atoms with Crippen LogP contribution in [0.25, 0.3) is 33.1 Å². The summed E-state index contributed by atoms with van der Waals surface area (Å²) in [5, 5.41) is 12.8. The predicted molar refractivity (Wildman–Crippen MR) is 144 cm³/mol. The van der Waals surface area contributed by atoms with Crippen LogP contribution in [0, 0.1) is 0 Å². The molecule has 182 valence electrons. The molecule has 0 atom stereocenters. The van der Waals surface area contributed by atoms with Gasteiger partial charge in [-0.2, -0.15) is 5.10 Å². The van der Waals surface area contributed by atoms with E-state index in [1.54, 1.807) is 12.4 Å². The number of likely N-dealkylation sites (N-methyl/N-ethyl adjacent to an activating group) is 1. The van der Waals surface area contributed by atoms with Gasteiger partial charge < -0.3 is 20.1 Å². The van der Waals surface area contributed by atoms with Crippen molar-refractivity contribution in [1.29, 1.82) is 0 Å². The van der Waals surface area contributed by atoms with Gasteiger partial charge in [0.25, 0.3) is 0 Å². The van der Waals surface area contributed by atoms with Crippen molar-refractivity contribution in [2.24, 2.45) is 7.05 Å². The molecule has 1 amide bonds. The number of anilines is 3. The van der Waals surface area contributed by atoms with Gasteiger partial charge in [0.2, 0.25) is 11.9 Å². The third kappa shape index (κ3) is 4.56. The summed E-state index contributed by atoms with van der Waals surface area (Å²) in [6.45, 7) is 5.09. The molecule has 5 aromatic rings. The molecular formula is C27H28N8O. The third-order valence-electron chi connectivity index (χ3n) is 6.02. The maximum atomic E-state index is 12.2. The zero-order valence-corrected chi connectivity index (χ0v) is 20.6. The molecule has 5 rings (SSSR count). The second-order valence-corrected chi connectivity index (χ2v) is 8.89. The number of carbonyl (C=O) groups excluding carboxylic acids is 1. The van der Waals surface area contributed by atoms with Crippen molar-refractivity contribution in [3.8, 4) is 11.3 Å². The van der Waals surface area contributed by atoms with E-state index in [1.165, 1.54) is 6.08 Å². The lowest BCUT2D eigenvalue weighted by Crippen LogP contribution is -2.19. The van der Waals surface area contributed by atoms with Crippen LogP contribution in [-0.4, -0.2) is 55.8 Å². The van der Waals surface area contributed by atoms with Crippen LogP contribution >= 0.6 is 0 Å². The zero-order valence-electron chi connectivity index (χ0n) is 20.6. The number of aromatic nitrogens is 5. The van der Waals surface area contributed by atoms with Gasteiger partial charge in [-0.25, -0.2) is 9.97 Å². The van der Waals surface area contributed by atoms with E-state index in [9.17, 15) is 4.79 Å². The highest BCUT2D eigenvalue weighted by atomic mass is 16.1. The normalized spacial score (nSPS) is 11.3. The number of nitrogens with zero attached hydrogens (tertiary/aromatic N) is 6. The fraction of sp³-hybridized carbons (Fsp3) is 0.185. The zero-order chi connectivity index (χ0) is 25.2. The summed E-state index contributed by atoms with van der Waals surface area (Å²) in [6, 6.07) is 14.0. The predicted octanol–water partition coefficient (Wildman–Crippen LogP) is 4.41. The second-order valence-electron chi connectivity index (χ2n) is 8.89. The first-order valence-corrected chi connectivity index (χ1v) is 11.6. The molecule has 0 bridgehead atoms. The van der Waals surface area contributed by atoms with Crippen LogP contribution in [-0.2, 0) is 18.4 Å². The number of hydrogen-bond acceptors (Lipinski definition) is 6. The van der Waals surface area contributed by atoms with E-state index in [4.69, 9.17) is 4.98 Å². The highest BCUT2D eigenvalue weighted by molar-refractivity contribution is 6.06. The minimum absolute atomic E-state index is 0.289. The summed E-state index contributed by atoms with van der Waals surface area (Å²) in [5.41, 5.74) is 5.23. The molecule has 2 aromatic carbocycles. The van der Waals surface area contributed by atoms with Gasteiger partial charge in [-0.3, -0.25) is 9.48 Å². The number of carbonyl (C=O) groups is 1. The number of nitrogens with one attached hydrogen (secondary N) is 2. The lowest BCUT2D eigenvalue weighted by molar-refractivity contribution is -0.111. The first-order valence-electron chi connectivity index (χ1n) is 11.6.